The fourth-order valence-corrected chi connectivity index (χ4v) is 5.21. The maximum absolute atomic E-state index is 12.5. The molecule has 2 heterocycles. The zero-order valence-electron chi connectivity index (χ0n) is 23.7. The van der Waals surface area contributed by atoms with Crippen LogP contribution >= 0.6 is 0 Å². The van der Waals surface area contributed by atoms with Gasteiger partial charge in [0.25, 0.3) is 0 Å². The van der Waals surface area contributed by atoms with Crippen LogP contribution in [0.5, 0.6) is 11.5 Å². The minimum atomic E-state index is -0.154. The molecule has 1 aliphatic carbocycles. The molecule has 5 rings (SSSR count). The standard InChI is InChI=1S/C32H34N6O4/c1-41-25-10-6-21(7-11-25)18-31(39)33-29-16-14-27(35-37-29)23-4-3-5-24(20-23)28-15-17-30(38-36-28)34-32(40)19-22-8-12-26(42-2)13-9-22/h6-17,23-24H,3-5,18-20H2,1-2H3,(H,33,37,39)(H,34,38,40)/t23-,24-/m1/s1. The number of nitrogens with zero attached hydrogens (tertiary/aromatic N) is 4. The third kappa shape index (κ3) is 7.66. The second kappa shape index (κ2) is 13.7. The first kappa shape index (κ1) is 28.7. The molecule has 1 saturated carbocycles. The minimum Gasteiger partial charge on any atom is -0.497 e. The molecule has 216 valence electrons. The van der Waals surface area contributed by atoms with E-state index in [-0.39, 0.29) is 36.5 Å². The first-order chi connectivity index (χ1) is 20.5. The van der Waals surface area contributed by atoms with Gasteiger partial charge < -0.3 is 20.1 Å². The summed E-state index contributed by atoms with van der Waals surface area (Å²) < 4.78 is 10.3. The number of nitrogens with one attached hydrogen (secondary N) is 2. The lowest BCUT2D eigenvalue weighted by Gasteiger charge is -2.28. The van der Waals surface area contributed by atoms with Gasteiger partial charge in [0.1, 0.15) is 11.5 Å². The molecular formula is C32H34N6O4. The number of benzene rings is 2. The fraction of sp³-hybridized carbons (Fsp3) is 0.312. The molecule has 4 aromatic rings. The Kier molecular flexibility index (Phi) is 9.33. The Morgan fingerprint density at radius 3 is 1.43 bits per heavy atom. The van der Waals surface area contributed by atoms with Crippen molar-refractivity contribution < 1.29 is 19.1 Å². The molecule has 2 aromatic heterocycles. The van der Waals surface area contributed by atoms with Gasteiger partial charge in [0, 0.05) is 11.8 Å². The number of aromatic nitrogens is 4. The van der Waals surface area contributed by atoms with Crippen molar-refractivity contribution in [1.82, 2.24) is 20.4 Å². The molecule has 0 unspecified atom stereocenters. The molecule has 2 amide bonds. The Morgan fingerprint density at radius 1 is 0.643 bits per heavy atom. The van der Waals surface area contributed by atoms with Crippen molar-refractivity contribution in [3.05, 3.63) is 95.3 Å². The van der Waals surface area contributed by atoms with Crippen LogP contribution in [0.25, 0.3) is 0 Å². The van der Waals surface area contributed by atoms with Gasteiger partial charge in [-0.05, 0) is 78.9 Å². The van der Waals surface area contributed by atoms with Crippen LogP contribution in [-0.4, -0.2) is 46.4 Å². The molecule has 0 saturated heterocycles. The van der Waals surface area contributed by atoms with Crippen LogP contribution in [0.15, 0.2) is 72.8 Å². The third-order valence-corrected chi connectivity index (χ3v) is 7.46. The summed E-state index contributed by atoms with van der Waals surface area (Å²) in [7, 11) is 3.22. The van der Waals surface area contributed by atoms with E-state index < -0.39 is 0 Å². The van der Waals surface area contributed by atoms with Crippen LogP contribution in [0.3, 0.4) is 0 Å². The Hall–Kier alpha value is -4.86. The number of carbonyl (C=O) groups is 2. The first-order valence-electron chi connectivity index (χ1n) is 14.0. The summed E-state index contributed by atoms with van der Waals surface area (Å²) in [5.41, 5.74) is 3.59. The van der Waals surface area contributed by atoms with E-state index in [1.54, 1.807) is 26.4 Å². The minimum absolute atomic E-state index is 0.154. The Morgan fingerprint density at radius 2 is 1.07 bits per heavy atom. The van der Waals surface area contributed by atoms with E-state index in [0.29, 0.717) is 11.6 Å². The SMILES string of the molecule is COc1ccc(CC(=O)Nc2ccc([C@@H]3CCC[C@@H](c4ccc(NC(=O)Cc5ccc(OC)cc5)nn4)C3)nn2)cc1. The van der Waals surface area contributed by atoms with E-state index in [4.69, 9.17) is 9.47 Å². The molecule has 1 aliphatic rings. The van der Waals surface area contributed by atoms with E-state index in [1.807, 2.05) is 60.7 Å². The highest BCUT2D eigenvalue weighted by atomic mass is 16.5. The predicted molar refractivity (Wildman–Crippen MR) is 159 cm³/mol. The molecule has 0 aliphatic heterocycles. The molecule has 10 nitrogen and oxygen atoms in total. The van der Waals surface area contributed by atoms with Crippen molar-refractivity contribution in [2.75, 3.05) is 24.9 Å². The maximum atomic E-state index is 12.5. The largest absolute Gasteiger partial charge is 0.497 e. The van der Waals surface area contributed by atoms with Crippen LogP contribution < -0.4 is 20.1 Å². The molecule has 0 bridgehead atoms. The first-order valence-corrected chi connectivity index (χ1v) is 14.0. The zero-order valence-corrected chi connectivity index (χ0v) is 23.7. The van der Waals surface area contributed by atoms with Crippen molar-refractivity contribution in [3.8, 4) is 11.5 Å². The summed E-state index contributed by atoms with van der Waals surface area (Å²) in [5.74, 6) is 2.54. The summed E-state index contributed by atoms with van der Waals surface area (Å²) in [5, 5.41) is 23.0. The predicted octanol–water partition coefficient (Wildman–Crippen LogP) is 5.09. The number of hydrogen-bond acceptors (Lipinski definition) is 8. The molecule has 42 heavy (non-hydrogen) atoms. The summed E-state index contributed by atoms with van der Waals surface area (Å²) >= 11 is 0. The number of anilines is 2. The fourth-order valence-electron chi connectivity index (χ4n) is 5.21. The highest BCUT2D eigenvalue weighted by Gasteiger charge is 2.27. The molecule has 2 aromatic carbocycles. The van der Waals surface area contributed by atoms with Crippen LogP contribution in [0.4, 0.5) is 11.6 Å². The zero-order chi connectivity index (χ0) is 29.3. The number of methoxy groups -OCH3 is 2. The average molecular weight is 567 g/mol. The quantitative estimate of drug-likeness (QED) is 0.272. The highest BCUT2D eigenvalue weighted by Crippen LogP contribution is 2.40. The maximum Gasteiger partial charge on any atom is 0.229 e. The van der Waals surface area contributed by atoms with Gasteiger partial charge in [0.15, 0.2) is 11.6 Å². The van der Waals surface area contributed by atoms with Crippen molar-refractivity contribution >= 4 is 23.5 Å². The number of rotatable bonds is 10. The van der Waals surface area contributed by atoms with Crippen molar-refractivity contribution in [2.24, 2.45) is 0 Å². The van der Waals surface area contributed by atoms with Gasteiger partial charge in [0.2, 0.25) is 11.8 Å². The van der Waals surface area contributed by atoms with Crippen LogP contribution in [0, 0.1) is 0 Å². The van der Waals surface area contributed by atoms with Gasteiger partial charge in [-0.2, -0.15) is 10.2 Å². The summed E-state index contributed by atoms with van der Waals surface area (Å²) in [6, 6.07) is 22.3. The van der Waals surface area contributed by atoms with E-state index >= 15 is 0 Å². The topological polar surface area (TPSA) is 128 Å². The molecule has 0 spiro atoms. The Bertz CT molecular complexity index is 1360. The second-order valence-corrected chi connectivity index (χ2v) is 10.4. The highest BCUT2D eigenvalue weighted by molar-refractivity contribution is 5.91. The molecule has 1 fully saturated rings. The summed E-state index contributed by atoms with van der Waals surface area (Å²) in [6.07, 6.45) is 4.44. The van der Waals surface area contributed by atoms with E-state index in [0.717, 1.165) is 59.7 Å². The number of amides is 2. The van der Waals surface area contributed by atoms with Gasteiger partial charge in [-0.3, -0.25) is 9.59 Å². The number of ether oxygens (including phenoxy) is 2. The lowest BCUT2D eigenvalue weighted by molar-refractivity contribution is -0.116. The molecule has 0 radical (unpaired) electrons. The normalized spacial score (nSPS) is 16.3. The van der Waals surface area contributed by atoms with Gasteiger partial charge in [0.05, 0.1) is 38.4 Å². The lowest BCUT2D eigenvalue weighted by Crippen LogP contribution is -2.18. The van der Waals surface area contributed by atoms with E-state index in [2.05, 4.69) is 31.0 Å². The average Bonchev–Trinajstić information content (AvgIpc) is 3.02. The molecule has 2 N–H and O–H groups in total. The lowest BCUT2D eigenvalue weighted by atomic mass is 9.78. The Labute approximate surface area is 244 Å². The van der Waals surface area contributed by atoms with Crippen molar-refractivity contribution in [3.63, 3.8) is 0 Å². The summed E-state index contributed by atoms with van der Waals surface area (Å²) in [4.78, 5) is 24.9. The van der Waals surface area contributed by atoms with Gasteiger partial charge in [-0.1, -0.05) is 30.7 Å². The van der Waals surface area contributed by atoms with Gasteiger partial charge in [-0.25, -0.2) is 0 Å². The van der Waals surface area contributed by atoms with Crippen LogP contribution in [-0.2, 0) is 22.4 Å². The van der Waals surface area contributed by atoms with E-state index in [1.165, 1.54) is 0 Å². The Balaban J connectivity index is 1.12. The molecule has 2 atom stereocenters. The molecular weight excluding hydrogens is 532 g/mol. The van der Waals surface area contributed by atoms with E-state index in [9.17, 15) is 9.59 Å². The van der Waals surface area contributed by atoms with Crippen molar-refractivity contribution in [2.45, 2.75) is 50.4 Å². The summed E-state index contributed by atoms with van der Waals surface area (Å²) in [6.45, 7) is 0. The van der Waals surface area contributed by atoms with Crippen LogP contribution in [0.2, 0.25) is 0 Å². The van der Waals surface area contributed by atoms with Gasteiger partial charge in [-0.15, -0.1) is 10.2 Å². The van der Waals surface area contributed by atoms with Crippen molar-refractivity contribution in [1.29, 1.82) is 0 Å². The van der Waals surface area contributed by atoms with Crippen LogP contribution in [0.1, 0.15) is 60.0 Å². The molecule has 10 heteroatoms. The number of carbonyl (C=O) groups excluding carboxylic acids is 2. The second-order valence-electron chi connectivity index (χ2n) is 10.4. The van der Waals surface area contributed by atoms with Gasteiger partial charge >= 0.3 is 0 Å². The smallest absolute Gasteiger partial charge is 0.229 e. The third-order valence-electron chi connectivity index (χ3n) is 7.46. The number of hydrogen-bond donors (Lipinski definition) is 2. The monoisotopic (exact) mass is 566 g/mol.